The van der Waals surface area contributed by atoms with E-state index in [-0.39, 0.29) is 30.4 Å². The zero-order valence-corrected chi connectivity index (χ0v) is 18.4. The molecule has 0 aromatic carbocycles. The molecule has 4 aliphatic heterocycles. The lowest BCUT2D eigenvalue weighted by molar-refractivity contribution is -0.0266. The molecule has 1 amide bonds. The minimum Gasteiger partial charge on any atom is -0.444 e. The Morgan fingerprint density at radius 2 is 1.93 bits per heavy atom. The molecule has 30 heavy (non-hydrogen) atoms. The molecule has 0 aromatic heterocycles. The van der Waals surface area contributed by atoms with Crippen molar-refractivity contribution in [1.29, 1.82) is 0 Å². The molecule has 0 radical (unpaired) electrons. The maximum absolute atomic E-state index is 14.5. The van der Waals surface area contributed by atoms with Crippen molar-refractivity contribution < 1.29 is 23.5 Å². The average molecular weight is 429 g/mol. The van der Waals surface area contributed by atoms with Crippen molar-refractivity contribution in [3.8, 4) is 0 Å². The lowest BCUT2D eigenvalue weighted by Crippen LogP contribution is -2.56. The molecule has 6 unspecified atom stereocenters. The first-order chi connectivity index (χ1) is 14.3. The molecular weight excluding hydrogens is 391 g/mol. The van der Waals surface area contributed by atoms with Gasteiger partial charge in [-0.3, -0.25) is 10.2 Å². The summed E-state index contributed by atoms with van der Waals surface area (Å²) in [5.41, 5.74) is 2.67. The van der Waals surface area contributed by atoms with Crippen molar-refractivity contribution >= 4 is 6.09 Å². The number of rotatable bonds is 3. The number of hydrogen-bond donors (Lipinski definition) is 3. The van der Waals surface area contributed by atoms with E-state index in [1.165, 1.54) is 0 Å². The molecule has 8 nitrogen and oxygen atoms in total. The summed E-state index contributed by atoms with van der Waals surface area (Å²) >= 11 is 0. The highest BCUT2D eigenvalue weighted by Crippen LogP contribution is 2.34. The topological polar surface area (TPSA) is 84.1 Å². The quantitative estimate of drug-likeness (QED) is 0.632. The second-order valence-corrected chi connectivity index (χ2v) is 10.2. The summed E-state index contributed by atoms with van der Waals surface area (Å²) in [7, 11) is 0. The fourth-order valence-corrected chi connectivity index (χ4v) is 5.11. The van der Waals surface area contributed by atoms with E-state index in [1.807, 2.05) is 20.8 Å². The summed E-state index contributed by atoms with van der Waals surface area (Å²) in [6, 6.07) is 0.0713. The predicted octanol–water partition coefficient (Wildman–Crippen LogP) is 1.76. The lowest BCUT2D eigenvalue weighted by atomic mass is 9.80. The molecule has 0 aromatic rings. The highest BCUT2D eigenvalue weighted by atomic mass is 19.1. The van der Waals surface area contributed by atoms with Crippen molar-refractivity contribution in [2.24, 2.45) is 17.8 Å². The van der Waals surface area contributed by atoms with Crippen LogP contribution >= 0.6 is 0 Å². The second-order valence-electron chi connectivity index (χ2n) is 10.2. The predicted molar refractivity (Wildman–Crippen MR) is 109 cm³/mol. The smallest absolute Gasteiger partial charge is 0.410 e. The number of hydroxylamine groups is 1. The number of alkyl halides is 1. The van der Waals surface area contributed by atoms with Gasteiger partial charge in [0.05, 0.1) is 6.17 Å². The number of amides is 1. The summed E-state index contributed by atoms with van der Waals surface area (Å²) in [6.07, 6.45) is 2.25. The Hall–Kier alpha value is -1.00. The van der Waals surface area contributed by atoms with Gasteiger partial charge in [-0.1, -0.05) is 0 Å². The van der Waals surface area contributed by atoms with Gasteiger partial charge in [0.15, 0.2) is 0 Å². The van der Waals surface area contributed by atoms with E-state index in [4.69, 9.17) is 14.3 Å². The number of nitrogens with one attached hydrogen (secondary N) is 3. The first-order valence-corrected chi connectivity index (χ1v) is 11.4. The van der Waals surface area contributed by atoms with Crippen LogP contribution in [-0.4, -0.2) is 74.0 Å². The van der Waals surface area contributed by atoms with Crippen LogP contribution in [0.15, 0.2) is 0 Å². The van der Waals surface area contributed by atoms with Crippen LogP contribution in [-0.2, 0) is 14.3 Å². The van der Waals surface area contributed by atoms with Crippen LogP contribution in [0.1, 0.15) is 46.5 Å². The van der Waals surface area contributed by atoms with Gasteiger partial charge in [-0.05, 0) is 64.2 Å². The average Bonchev–Trinajstić information content (AvgIpc) is 3.40. The summed E-state index contributed by atoms with van der Waals surface area (Å²) in [6.45, 7) is 8.80. The summed E-state index contributed by atoms with van der Waals surface area (Å²) in [5.74, 6) is 0.706. The van der Waals surface area contributed by atoms with Crippen molar-refractivity contribution in [2.45, 2.75) is 76.7 Å². The van der Waals surface area contributed by atoms with Gasteiger partial charge in [0, 0.05) is 38.9 Å². The number of hydrogen-bond acceptors (Lipinski definition) is 7. The van der Waals surface area contributed by atoms with Gasteiger partial charge in [0.1, 0.15) is 18.0 Å². The van der Waals surface area contributed by atoms with E-state index in [0.29, 0.717) is 38.1 Å². The molecular formula is C21H37FN4O4. The largest absolute Gasteiger partial charge is 0.444 e. The van der Waals surface area contributed by atoms with Gasteiger partial charge >= 0.3 is 6.09 Å². The minimum atomic E-state index is -0.824. The van der Waals surface area contributed by atoms with Crippen LogP contribution in [0.4, 0.5) is 9.18 Å². The highest BCUT2D eigenvalue weighted by molar-refractivity contribution is 5.68. The third kappa shape index (κ3) is 5.24. The van der Waals surface area contributed by atoms with Gasteiger partial charge < -0.3 is 19.7 Å². The lowest BCUT2D eigenvalue weighted by Gasteiger charge is -2.38. The summed E-state index contributed by atoms with van der Waals surface area (Å²) in [5, 5.41) is 6.87. The van der Waals surface area contributed by atoms with Crippen LogP contribution in [0.5, 0.6) is 0 Å². The van der Waals surface area contributed by atoms with E-state index < -0.39 is 11.8 Å². The Kier molecular flexibility index (Phi) is 6.84. The number of carbonyl (C=O) groups excluding carboxylic acids is 1. The molecule has 4 saturated heterocycles. The molecule has 4 aliphatic rings. The van der Waals surface area contributed by atoms with Gasteiger partial charge in [-0.2, -0.15) is 5.48 Å². The van der Waals surface area contributed by atoms with E-state index >= 15 is 0 Å². The molecule has 0 saturated carbocycles. The zero-order valence-electron chi connectivity index (χ0n) is 18.4. The monoisotopic (exact) mass is 428 g/mol. The van der Waals surface area contributed by atoms with Gasteiger partial charge in [-0.15, -0.1) is 0 Å². The van der Waals surface area contributed by atoms with Crippen LogP contribution in [0.2, 0.25) is 0 Å². The Morgan fingerprint density at radius 3 is 2.60 bits per heavy atom. The SMILES string of the molecule is CC(C)(C)OC(=O)N1CCC(C2NOC(C3CC(C4CCOC4)C(F)CN3)N2)CC1. The number of ether oxygens (including phenoxy) is 2. The molecule has 172 valence electrons. The summed E-state index contributed by atoms with van der Waals surface area (Å²) in [4.78, 5) is 19.9. The zero-order chi connectivity index (χ0) is 21.3. The van der Waals surface area contributed by atoms with Crippen molar-refractivity contribution in [3.05, 3.63) is 0 Å². The molecule has 3 N–H and O–H groups in total. The maximum atomic E-state index is 14.5. The Morgan fingerprint density at radius 1 is 1.17 bits per heavy atom. The van der Waals surface area contributed by atoms with Crippen molar-refractivity contribution in [3.63, 3.8) is 0 Å². The van der Waals surface area contributed by atoms with E-state index in [0.717, 1.165) is 32.3 Å². The fraction of sp³-hybridized carbons (Fsp3) is 0.952. The highest BCUT2D eigenvalue weighted by Gasteiger charge is 2.43. The van der Waals surface area contributed by atoms with Crippen molar-refractivity contribution in [2.75, 3.05) is 32.8 Å². The molecule has 4 heterocycles. The molecule has 0 spiro atoms. The number of carbonyl (C=O) groups is 1. The standard InChI is InChI=1S/C21H37FN4O4/c1-21(2,3)29-20(27)26-7-4-13(5-8-26)18-24-19(30-25-18)17-10-15(16(22)11-23-17)14-6-9-28-12-14/h13-19,23-25H,4-12H2,1-3H3. The van der Waals surface area contributed by atoms with Crippen LogP contribution in [0.3, 0.4) is 0 Å². The van der Waals surface area contributed by atoms with Crippen LogP contribution < -0.4 is 16.1 Å². The molecule has 4 rings (SSSR count). The Labute approximate surface area is 178 Å². The number of halogens is 1. The van der Waals surface area contributed by atoms with Crippen LogP contribution in [0.25, 0.3) is 0 Å². The Balaban J connectivity index is 1.24. The fourth-order valence-electron chi connectivity index (χ4n) is 5.11. The minimum absolute atomic E-state index is 0.0280. The van der Waals surface area contributed by atoms with Crippen LogP contribution in [0, 0.1) is 17.8 Å². The molecule has 0 aliphatic carbocycles. The number of likely N-dealkylation sites (tertiary alicyclic amines) is 1. The van der Waals surface area contributed by atoms with Gasteiger partial charge in [0.25, 0.3) is 0 Å². The third-order valence-corrected chi connectivity index (χ3v) is 6.83. The molecule has 9 heteroatoms. The summed E-state index contributed by atoms with van der Waals surface area (Å²) < 4.78 is 25.5. The van der Waals surface area contributed by atoms with Gasteiger partial charge in [-0.25, -0.2) is 9.18 Å². The van der Waals surface area contributed by atoms with E-state index in [9.17, 15) is 9.18 Å². The maximum Gasteiger partial charge on any atom is 0.410 e. The first-order valence-electron chi connectivity index (χ1n) is 11.4. The second kappa shape index (κ2) is 9.24. The number of nitrogens with zero attached hydrogens (tertiary/aromatic N) is 1. The molecule has 4 fully saturated rings. The normalized spacial score (nSPS) is 38.7. The molecule has 6 atom stereocenters. The molecule has 0 bridgehead atoms. The number of piperidine rings is 2. The van der Waals surface area contributed by atoms with Gasteiger partial charge in [0.2, 0.25) is 0 Å². The first kappa shape index (κ1) is 22.2. The third-order valence-electron chi connectivity index (χ3n) is 6.83. The van der Waals surface area contributed by atoms with E-state index in [2.05, 4.69) is 16.1 Å². The Bertz CT molecular complexity index is 590. The van der Waals surface area contributed by atoms with Crippen molar-refractivity contribution in [1.82, 2.24) is 21.0 Å². The van der Waals surface area contributed by atoms with E-state index in [1.54, 1.807) is 4.90 Å².